The van der Waals surface area contributed by atoms with E-state index in [0.717, 1.165) is 37.6 Å². The maximum atomic E-state index is 14.9. The number of hydrogen-bond acceptors (Lipinski definition) is 5. The van der Waals surface area contributed by atoms with Gasteiger partial charge in [-0.3, -0.25) is 15.0 Å². The standard InChI is InChI=1S/C31H40F2N6O/c1-20-5-6-21(28(15-20)37-12-9-23(34)10-13-37)17-38-14-11-35-30(38)36-29(40)26-19-39(31(2,3)4)18-25(26)24-8-7-22(32)16-27(24)33/h5-8,11,14-16,23,25-26H,9-10,12-13,17-19,34H2,1-4H3,(H,35,36,40)/t25-,26?/m0/s1. The Hall–Kier alpha value is -3.30. The first-order valence-corrected chi connectivity index (χ1v) is 14.1. The number of carbonyl (C=O) groups is 1. The SMILES string of the molecule is Cc1ccc(Cn2ccnc2NC(=O)C2CN(C(C)(C)C)C[C@H]2c2ccc(F)cc2F)c(N2CCC(N)CC2)c1. The van der Waals surface area contributed by atoms with Crippen molar-refractivity contribution in [3.05, 3.63) is 77.1 Å². The van der Waals surface area contributed by atoms with Crippen LogP contribution in [0.25, 0.3) is 0 Å². The predicted octanol–water partition coefficient (Wildman–Crippen LogP) is 4.90. The molecule has 0 spiro atoms. The van der Waals surface area contributed by atoms with Crippen molar-refractivity contribution in [2.45, 2.75) is 64.6 Å². The molecule has 7 nitrogen and oxygen atoms in total. The van der Waals surface area contributed by atoms with Gasteiger partial charge in [0, 0.05) is 67.8 Å². The lowest BCUT2D eigenvalue weighted by Crippen LogP contribution is -2.40. The van der Waals surface area contributed by atoms with Gasteiger partial charge in [-0.25, -0.2) is 13.8 Å². The number of hydrogen-bond donors (Lipinski definition) is 2. The molecule has 0 radical (unpaired) electrons. The van der Waals surface area contributed by atoms with Crippen LogP contribution in [-0.2, 0) is 11.3 Å². The highest BCUT2D eigenvalue weighted by Crippen LogP contribution is 2.38. The van der Waals surface area contributed by atoms with E-state index in [4.69, 9.17) is 5.73 Å². The molecule has 3 N–H and O–H groups in total. The number of imidazole rings is 1. The van der Waals surface area contributed by atoms with Crippen LogP contribution in [0.4, 0.5) is 20.4 Å². The highest BCUT2D eigenvalue weighted by Gasteiger charge is 2.43. The molecule has 3 aromatic rings. The number of nitrogens with zero attached hydrogens (tertiary/aromatic N) is 4. The average Bonchev–Trinajstić information content (AvgIpc) is 3.53. The van der Waals surface area contributed by atoms with Crippen molar-refractivity contribution < 1.29 is 13.6 Å². The molecule has 2 saturated heterocycles. The molecule has 2 fully saturated rings. The number of nitrogens with two attached hydrogens (primary N) is 1. The zero-order valence-electron chi connectivity index (χ0n) is 23.8. The van der Waals surface area contributed by atoms with E-state index in [9.17, 15) is 13.6 Å². The van der Waals surface area contributed by atoms with Crippen molar-refractivity contribution in [3.8, 4) is 0 Å². The summed E-state index contributed by atoms with van der Waals surface area (Å²) in [7, 11) is 0. The first kappa shape index (κ1) is 28.2. The molecule has 0 bridgehead atoms. The molecule has 214 valence electrons. The third kappa shape index (κ3) is 6.05. The number of piperidine rings is 1. The number of amides is 1. The first-order valence-electron chi connectivity index (χ1n) is 14.1. The Morgan fingerprint density at radius 2 is 1.85 bits per heavy atom. The number of aryl methyl sites for hydroxylation is 1. The minimum absolute atomic E-state index is 0.206. The zero-order valence-corrected chi connectivity index (χ0v) is 23.8. The van der Waals surface area contributed by atoms with Crippen molar-refractivity contribution >= 4 is 17.5 Å². The van der Waals surface area contributed by atoms with Gasteiger partial charge in [0.2, 0.25) is 11.9 Å². The van der Waals surface area contributed by atoms with Crippen LogP contribution in [0.15, 0.2) is 48.8 Å². The van der Waals surface area contributed by atoms with Gasteiger partial charge >= 0.3 is 0 Å². The fourth-order valence-electron chi connectivity index (χ4n) is 5.92. The summed E-state index contributed by atoms with van der Waals surface area (Å²) in [5, 5.41) is 3.03. The highest BCUT2D eigenvalue weighted by atomic mass is 19.1. The second kappa shape index (κ2) is 11.3. The zero-order chi connectivity index (χ0) is 28.6. The van der Waals surface area contributed by atoms with Gasteiger partial charge in [-0.15, -0.1) is 0 Å². The van der Waals surface area contributed by atoms with Crippen molar-refractivity contribution in [2.24, 2.45) is 11.7 Å². The molecule has 1 aromatic heterocycles. The van der Waals surface area contributed by atoms with Crippen molar-refractivity contribution in [1.29, 1.82) is 0 Å². The Balaban J connectivity index is 1.37. The third-order valence-corrected chi connectivity index (χ3v) is 8.38. The summed E-state index contributed by atoms with van der Waals surface area (Å²) in [6.45, 7) is 11.7. The third-order valence-electron chi connectivity index (χ3n) is 8.38. The molecule has 40 heavy (non-hydrogen) atoms. The van der Waals surface area contributed by atoms with Gasteiger partial charge in [0.05, 0.1) is 12.5 Å². The molecule has 2 aliphatic heterocycles. The Morgan fingerprint density at radius 1 is 1.10 bits per heavy atom. The topological polar surface area (TPSA) is 79.4 Å². The summed E-state index contributed by atoms with van der Waals surface area (Å²) in [6, 6.07) is 10.3. The van der Waals surface area contributed by atoms with Crippen LogP contribution in [0.2, 0.25) is 0 Å². The van der Waals surface area contributed by atoms with E-state index in [1.54, 1.807) is 6.20 Å². The maximum Gasteiger partial charge on any atom is 0.231 e. The molecule has 0 saturated carbocycles. The quantitative estimate of drug-likeness (QED) is 0.457. The van der Waals surface area contributed by atoms with Gasteiger partial charge < -0.3 is 15.2 Å². The van der Waals surface area contributed by atoms with Gasteiger partial charge in [-0.2, -0.15) is 0 Å². The average molecular weight is 551 g/mol. The monoisotopic (exact) mass is 550 g/mol. The summed E-state index contributed by atoms with van der Waals surface area (Å²) >= 11 is 0. The van der Waals surface area contributed by atoms with Crippen LogP contribution in [0.3, 0.4) is 0 Å². The number of carbonyl (C=O) groups excluding carboxylic acids is 1. The first-order chi connectivity index (χ1) is 19.0. The lowest BCUT2D eigenvalue weighted by Gasteiger charge is -2.33. The maximum absolute atomic E-state index is 14.9. The van der Waals surface area contributed by atoms with E-state index in [-0.39, 0.29) is 17.5 Å². The molecule has 2 aromatic carbocycles. The van der Waals surface area contributed by atoms with Gasteiger partial charge in [0.15, 0.2) is 0 Å². The molecule has 1 unspecified atom stereocenters. The number of likely N-dealkylation sites (tertiary alicyclic amines) is 1. The van der Waals surface area contributed by atoms with Gasteiger partial charge in [-0.1, -0.05) is 18.2 Å². The number of anilines is 2. The summed E-state index contributed by atoms with van der Waals surface area (Å²) in [4.78, 5) is 22.8. The largest absolute Gasteiger partial charge is 0.371 e. The van der Waals surface area contributed by atoms with Crippen LogP contribution >= 0.6 is 0 Å². The molecule has 9 heteroatoms. The Labute approximate surface area is 235 Å². The van der Waals surface area contributed by atoms with Crippen LogP contribution in [-0.4, -0.2) is 58.1 Å². The van der Waals surface area contributed by atoms with Crippen LogP contribution in [0.1, 0.15) is 56.2 Å². The predicted molar refractivity (Wildman–Crippen MR) is 154 cm³/mol. The molecule has 5 rings (SSSR count). The van der Waals surface area contributed by atoms with E-state index in [1.165, 1.54) is 23.4 Å². The molecular formula is C31H40F2N6O. The fraction of sp³-hybridized carbons (Fsp3) is 0.484. The summed E-state index contributed by atoms with van der Waals surface area (Å²) in [5.74, 6) is -1.94. The second-order valence-corrected chi connectivity index (χ2v) is 12.3. The van der Waals surface area contributed by atoms with Crippen LogP contribution in [0.5, 0.6) is 0 Å². The molecule has 1 amide bonds. The number of aromatic nitrogens is 2. The van der Waals surface area contributed by atoms with Gasteiger partial charge in [-0.05, 0) is 69.4 Å². The summed E-state index contributed by atoms with van der Waals surface area (Å²) < 4.78 is 30.5. The van der Waals surface area contributed by atoms with E-state index >= 15 is 0 Å². The van der Waals surface area contributed by atoms with Crippen molar-refractivity contribution in [3.63, 3.8) is 0 Å². The molecule has 3 heterocycles. The lowest BCUT2D eigenvalue weighted by atomic mass is 9.88. The van der Waals surface area contributed by atoms with Crippen molar-refractivity contribution in [2.75, 3.05) is 36.4 Å². The van der Waals surface area contributed by atoms with E-state index in [2.05, 4.69) is 66.0 Å². The van der Waals surface area contributed by atoms with E-state index in [1.807, 2.05) is 10.8 Å². The number of benzene rings is 2. The number of rotatable bonds is 6. The minimum atomic E-state index is -0.627. The minimum Gasteiger partial charge on any atom is -0.371 e. The summed E-state index contributed by atoms with van der Waals surface area (Å²) in [6.07, 6.45) is 5.46. The highest BCUT2D eigenvalue weighted by molar-refractivity contribution is 5.92. The van der Waals surface area contributed by atoms with Crippen LogP contribution < -0.4 is 16.0 Å². The number of halogens is 2. The number of nitrogens with one attached hydrogen (secondary N) is 1. The Bertz CT molecular complexity index is 1360. The molecular weight excluding hydrogens is 510 g/mol. The summed E-state index contributed by atoms with van der Waals surface area (Å²) in [5.41, 5.74) is 9.81. The Morgan fingerprint density at radius 3 is 2.55 bits per heavy atom. The molecule has 2 aliphatic rings. The normalized spacial score (nSPS) is 20.7. The molecule has 0 aliphatic carbocycles. The smallest absolute Gasteiger partial charge is 0.231 e. The van der Waals surface area contributed by atoms with E-state index in [0.29, 0.717) is 31.1 Å². The van der Waals surface area contributed by atoms with Gasteiger partial charge in [0.25, 0.3) is 0 Å². The second-order valence-electron chi connectivity index (χ2n) is 12.3. The van der Waals surface area contributed by atoms with Gasteiger partial charge in [0.1, 0.15) is 11.6 Å². The van der Waals surface area contributed by atoms with E-state index < -0.39 is 23.5 Å². The van der Waals surface area contributed by atoms with Crippen molar-refractivity contribution in [1.82, 2.24) is 14.5 Å². The fourth-order valence-corrected chi connectivity index (χ4v) is 5.92. The Kier molecular flexibility index (Phi) is 7.97. The molecule has 2 atom stereocenters. The van der Waals surface area contributed by atoms with Crippen LogP contribution in [0, 0.1) is 24.5 Å². The lowest BCUT2D eigenvalue weighted by molar-refractivity contribution is -0.120.